The topological polar surface area (TPSA) is 72.8 Å². The monoisotopic (exact) mass is 971 g/mol. The van der Waals surface area contributed by atoms with Crippen molar-refractivity contribution in [1.29, 1.82) is 0 Å². The molecular formula is C65H110O5. The minimum atomic E-state index is -0.790. The minimum Gasteiger partial charge on any atom is -0.462 e. The minimum absolute atomic E-state index is 0.0784. The van der Waals surface area contributed by atoms with Gasteiger partial charge in [-0.25, -0.2) is 0 Å². The lowest BCUT2D eigenvalue weighted by atomic mass is 10.0. The highest BCUT2D eigenvalue weighted by molar-refractivity contribution is 5.70. The summed E-state index contributed by atoms with van der Waals surface area (Å²) in [6, 6.07) is 0. The number of esters is 2. The molecule has 5 heteroatoms. The number of unbranched alkanes of at least 4 members (excludes halogenated alkanes) is 27. The molecule has 70 heavy (non-hydrogen) atoms. The van der Waals surface area contributed by atoms with Gasteiger partial charge in [-0.1, -0.05) is 264 Å². The molecule has 0 aliphatic carbocycles. The molecule has 0 bridgehead atoms. The van der Waals surface area contributed by atoms with E-state index in [1.54, 1.807) is 0 Å². The third-order valence-electron chi connectivity index (χ3n) is 12.6. The fraction of sp³-hybridized carbons (Fsp3) is 0.692. The molecule has 1 N–H and O–H groups in total. The van der Waals surface area contributed by atoms with Crippen LogP contribution in [-0.2, 0) is 19.1 Å². The number of aliphatic hydroxyl groups is 1. The zero-order valence-corrected chi connectivity index (χ0v) is 45.7. The van der Waals surface area contributed by atoms with Gasteiger partial charge in [-0.05, 0) is 103 Å². The van der Waals surface area contributed by atoms with Gasteiger partial charge in [-0.3, -0.25) is 9.59 Å². The standard InChI is InChI=1S/C65H110O5/c1-3-5-7-9-11-13-15-17-19-21-23-25-27-29-31-32-34-35-37-39-41-43-45-47-49-51-53-55-57-59-64(67)69-62-63(61-66)70-65(68)60-58-56-54-52-50-48-46-44-42-40-38-36-33-30-28-26-24-22-20-18-16-14-12-10-8-6-4-2/h6,8,12,14-15,17-18,20-21,23-24,26,30,33,38,40,44,46,63,66H,3-5,7,9-11,13,16,19,22,25,27-29,31-32,34-37,39,41-43,45,47-62H2,1-2H3/b8-6-,14-12-,17-15-,20-18-,23-21-,26-24-,33-30-,40-38-,46-44-. The van der Waals surface area contributed by atoms with Crippen LogP contribution in [0.25, 0.3) is 0 Å². The van der Waals surface area contributed by atoms with Gasteiger partial charge >= 0.3 is 11.9 Å². The summed E-state index contributed by atoms with van der Waals surface area (Å²) in [6.07, 6.45) is 86.3. The Bertz CT molecular complexity index is 1380. The van der Waals surface area contributed by atoms with E-state index in [0.29, 0.717) is 12.8 Å². The highest BCUT2D eigenvalue weighted by atomic mass is 16.6. The summed E-state index contributed by atoms with van der Waals surface area (Å²) < 4.78 is 10.7. The molecule has 0 heterocycles. The fourth-order valence-corrected chi connectivity index (χ4v) is 8.15. The number of carbonyl (C=O) groups is 2. The smallest absolute Gasteiger partial charge is 0.306 e. The van der Waals surface area contributed by atoms with E-state index in [2.05, 4.69) is 123 Å². The number of aliphatic hydroxyl groups excluding tert-OH is 1. The second-order valence-corrected chi connectivity index (χ2v) is 19.3. The summed E-state index contributed by atoms with van der Waals surface area (Å²) in [5.41, 5.74) is 0. The summed E-state index contributed by atoms with van der Waals surface area (Å²) in [5.74, 6) is -0.612. The van der Waals surface area contributed by atoms with E-state index in [4.69, 9.17) is 9.47 Å². The van der Waals surface area contributed by atoms with Gasteiger partial charge in [-0.2, -0.15) is 0 Å². The molecule has 5 nitrogen and oxygen atoms in total. The van der Waals surface area contributed by atoms with Crippen molar-refractivity contribution in [2.24, 2.45) is 0 Å². The molecule has 0 spiro atoms. The number of hydrogen-bond acceptors (Lipinski definition) is 5. The predicted octanol–water partition coefficient (Wildman–Crippen LogP) is 20.1. The van der Waals surface area contributed by atoms with Crippen LogP contribution in [0, 0.1) is 0 Å². The van der Waals surface area contributed by atoms with E-state index in [1.807, 2.05) is 0 Å². The molecule has 0 radical (unpaired) electrons. The van der Waals surface area contributed by atoms with Crippen molar-refractivity contribution in [3.8, 4) is 0 Å². The molecular weight excluding hydrogens is 861 g/mol. The van der Waals surface area contributed by atoms with Crippen molar-refractivity contribution in [1.82, 2.24) is 0 Å². The molecule has 1 atom stereocenters. The summed E-state index contributed by atoms with van der Waals surface area (Å²) in [7, 11) is 0. The first-order chi connectivity index (χ1) is 34.6. The van der Waals surface area contributed by atoms with Crippen molar-refractivity contribution in [3.63, 3.8) is 0 Å². The molecule has 0 aromatic carbocycles. The lowest BCUT2D eigenvalue weighted by molar-refractivity contribution is -0.161. The van der Waals surface area contributed by atoms with Gasteiger partial charge in [0.1, 0.15) is 6.61 Å². The van der Waals surface area contributed by atoms with Gasteiger partial charge in [0.05, 0.1) is 6.61 Å². The van der Waals surface area contributed by atoms with Crippen molar-refractivity contribution in [2.45, 2.75) is 277 Å². The Kier molecular flexibility index (Phi) is 56.9. The Morgan fingerprint density at radius 2 is 0.614 bits per heavy atom. The zero-order chi connectivity index (χ0) is 50.6. The van der Waals surface area contributed by atoms with E-state index >= 15 is 0 Å². The Balaban J connectivity index is 3.54. The van der Waals surface area contributed by atoms with Crippen LogP contribution in [0.2, 0.25) is 0 Å². The average molecular weight is 972 g/mol. The molecule has 1 unspecified atom stereocenters. The van der Waals surface area contributed by atoms with Crippen molar-refractivity contribution in [3.05, 3.63) is 109 Å². The summed E-state index contributed by atoms with van der Waals surface area (Å²) in [6.45, 7) is 4.01. The number of hydrogen-bond donors (Lipinski definition) is 1. The highest BCUT2D eigenvalue weighted by Crippen LogP contribution is 2.16. The van der Waals surface area contributed by atoms with Gasteiger partial charge < -0.3 is 14.6 Å². The Morgan fingerprint density at radius 3 is 0.929 bits per heavy atom. The van der Waals surface area contributed by atoms with Crippen molar-refractivity contribution < 1.29 is 24.2 Å². The Labute approximate surface area is 433 Å². The van der Waals surface area contributed by atoms with E-state index in [9.17, 15) is 14.7 Å². The third kappa shape index (κ3) is 57.1. The van der Waals surface area contributed by atoms with Crippen LogP contribution in [-0.4, -0.2) is 36.4 Å². The van der Waals surface area contributed by atoms with E-state index in [0.717, 1.165) is 109 Å². The van der Waals surface area contributed by atoms with Crippen LogP contribution in [0.3, 0.4) is 0 Å². The summed E-state index contributed by atoms with van der Waals surface area (Å²) in [5, 5.41) is 9.66. The van der Waals surface area contributed by atoms with Gasteiger partial charge in [0.25, 0.3) is 0 Å². The molecule has 0 amide bonds. The highest BCUT2D eigenvalue weighted by Gasteiger charge is 2.16. The van der Waals surface area contributed by atoms with Crippen LogP contribution in [0.15, 0.2) is 109 Å². The molecule has 0 rings (SSSR count). The van der Waals surface area contributed by atoms with Gasteiger partial charge in [0.15, 0.2) is 6.10 Å². The molecule has 0 saturated heterocycles. The summed E-state index contributed by atoms with van der Waals surface area (Å²) >= 11 is 0. The van der Waals surface area contributed by atoms with Gasteiger partial charge in [0, 0.05) is 12.8 Å². The van der Waals surface area contributed by atoms with Crippen LogP contribution in [0.5, 0.6) is 0 Å². The number of ether oxygens (including phenoxy) is 2. The van der Waals surface area contributed by atoms with Crippen LogP contribution in [0.1, 0.15) is 271 Å². The predicted molar refractivity (Wildman–Crippen MR) is 306 cm³/mol. The second-order valence-electron chi connectivity index (χ2n) is 19.3. The third-order valence-corrected chi connectivity index (χ3v) is 12.6. The number of rotatable bonds is 53. The average Bonchev–Trinajstić information content (AvgIpc) is 3.36. The molecule has 0 saturated carbocycles. The molecule has 0 aliphatic heterocycles. The molecule has 400 valence electrons. The van der Waals surface area contributed by atoms with E-state index in [1.165, 1.54) is 135 Å². The molecule has 0 aliphatic rings. The van der Waals surface area contributed by atoms with Crippen LogP contribution in [0.4, 0.5) is 0 Å². The van der Waals surface area contributed by atoms with Crippen molar-refractivity contribution >= 4 is 11.9 Å². The first-order valence-corrected chi connectivity index (χ1v) is 29.4. The molecule has 0 fully saturated rings. The van der Waals surface area contributed by atoms with Gasteiger partial charge in [-0.15, -0.1) is 0 Å². The molecule has 0 aromatic rings. The van der Waals surface area contributed by atoms with E-state index in [-0.39, 0.29) is 25.2 Å². The maximum absolute atomic E-state index is 12.3. The number of carbonyl (C=O) groups excluding carboxylic acids is 2. The Morgan fingerprint density at radius 1 is 0.343 bits per heavy atom. The summed E-state index contributed by atoms with van der Waals surface area (Å²) in [4.78, 5) is 24.6. The van der Waals surface area contributed by atoms with Crippen LogP contribution >= 0.6 is 0 Å². The first kappa shape index (κ1) is 66.6. The maximum atomic E-state index is 12.3. The lowest BCUT2D eigenvalue weighted by Gasteiger charge is -2.15. The van der Waals surface area contributed by atoms with Crippen LogP contribution < -0.4 is 0 Å². The van der Waals surface area contributed by atoms with Crippen molar-refractivity contribution in [2.75, 3.05) is 13.2 Å². The Hall–Kier alpha value is -3.44. The molecule has 0 aromatic heterocycles. The first-order valence-electron chi connectivity index (χ1n) is 29.4. The zero-order valence-electron chi connectivity index (χ0n) is 45.7. The normalized spacial score (nSPS) is 13.0. The maximum Gasteiger partial charge on any atom is 0.306 e. The van der Waals surface area contributed by atoms with E-state index < -0.39 is 6.10 Å². The quantitative estimate of drug-likeness (QED) is 0.0373. The fourth-order valence-electron chi connectivity index (χ4n) is 8.15. The second kappa shape index (κ2) is 59.9. The largest absolute Gasteiger partial charge is 0.462 e. The number of allylic oxidation sites excluding steroid dienone is 18. The lowest BCUT2D eigenvalue weighted by Crippen LogP contribution is -2.28. The van der Waals surface area contributed by atoms with Gasteiger partial charge in [0.2, 0.25) is 0 Å². The SMILES string of the molecule is CC/C=C\C/C=C\C/C=C\C/C=C\C/C=C\C/C=C\C/C=C\CCCCCCCC(=O)OC(CO)COC(=O)CCCCCCCCCCCCCCCCCCC/C=C\C/C=C\CCCCCCC.